The second-order valence-corrected chi connectivity index (χ2v) is 9.04. The maximum atomic E-state index is 12.8. The van der Waals surface area contributed by atoms with Crippen molar-refractivity contribution in [3.63, 3.8) is 0 Å². The van der Waals surface area contributed by atoms with Gasteiger partial charge in [-0.05, 0) is 55.2 Å². The number of benzene rings is 2. The highest BCUT2D eigenvalue weighted by Crippen LogP contribution is 2.29. The third-order valence-electron chi connectivity index (χ3n) is 5.15. The van der Waals surface area contributed by atoms with E-state index in [0.29, 0.717) is 36.2 Å². The Morgan fingerprint density at radius 3 is 2.07 bits per heavy atom. The summed E-state index contributed by atoms with van der Waals surface area (Å²) in [5.74, 6) is 0.923. The van der Waals surface area contributed by atoms with E-state index in [-0.39, 0.29) is 10.5 Å². The van der Waals surface area contributed by atoms with Crippen molar-refractivity contribution >= 4 is 21.6 Å². The Hall–Kier alpha value is -2.58. The van der Waals surface area contributed by atoms with Gasteiger partial charge in [0.05, 0.1) is 19.1 Å². The van der Waals surface area contributed by atoms with Gasteiger partial charge in [0.15, 0.2) is 0 Å². The Morgan fingerprint density at radius 2 is 1.55 bits per heavy atom. The van der Waals surface area contributed by atoms with Gasteiger partial charge in [0, 0.05) is 18.8 Å². The number of ether oxygens (including phenoxy) is 2. The van der Waals surface area contributed by atoms with Crippen LogP contribution in [0.15, 0.2) is 47.4 Å². The van der Waals surface area contributed by atoms with Crippen LogP contribution in [0.25, 0.3) is 0 Å². The smallest absolute Gasteiger partial charge is 0.263 e. The summed E-state index contributed by atoms with van der Waals surface area (Å²) in [7, 11) is -0.566. The molecule has 3 rings (SSSR count). The molecule has 29 heavy (non-hydrogen) atoms. The molecular formula is C21H26N2O5S. The zero-order valence-corrected chi connectivity index (χ0v) is 17.7. The molecular weight excluding hydrogens is 392 g/mol. The molecule has 8 heteroatoms. The third kappa shape index (κ3) is 4.54. The van der Waals surface area contributed by atoms with Crippen LogP contribution in [0, 0.1) is 5.92 Å². The molecule has 0 saturated carbocycles. The Morgan fingerprint density at radius 1 is 1.00 bits per heavy atom. The minimum Gasteiger partial charge on any atom is -0.496 e. The van der Waals surface area contributed by atoms with Crippen molar-refractivity contribution in [1.29, 1.82) is 0 Å². The molecule has 0 aromatic heterocycles. The van der Waals surface area contributed by atoms with E-state index in [1.807, 2.05) is 0 Å². The van der Waals surface area contributed by atoms with Crippen molar-refractivity contribution < 1.29 is 22.7 Å². The minimum atomic E-state index is -3.52. The van der Waals surface area contributed by atoms with Crippen molar-refractivity contribution in [2.24, 2.45) is 5.92 Å². The lowest BCUT2D eigenvalue weighted by Gasteiger charge is -2.29. The number of anilines is 1. The van der Waals surface area contributed by atoms with Crippen LogP contribution in [0.2, 0.25) is 0 Å². The number of piperidine rings is 1. The molecule has 2 aromatic carbocycles. The summed E-state index contributed by atoms with van der Waals surface area (Å²) in [6.07, 6.45) is 1.74. The Labute approximate surface area is 171 Å². The molecule has 2 aromatic rings. The molecule has 1 fully saturated rings. The normalized spacial score (nSPS) is 15.7. The molecule has 1 amide bonds. The first kappa shape index (κ1) is 21.1. The monoisotopic (exact) mass is 418 g/mol. The third-order valence-corrected chi connectivity index (χ3v) is 7.06. The number of carbonyl (C=O) groups is 1. The van der Waals surface area contributed by atoms with Crippen LogP contribution < -0.4 is 14.8 Å². The molecule has 0 aliphatic carbocycles. The number of rotatable bonds is 6. The molecule has 1 aliphatic heterocycles. The van der Waals surface area contributed by atoms with Crippen LogP contribution >= 0.6 is 0 Å². The molecule has 7 nitrogen and oxygen atoms in total. The lowest BCUT2D eigenvalue weighted by atomic mass is 10.0. The van der Waals surface area contributed by atoms with Gasteiger partial charge < -0.3 is 14.8 Å². The summed E-state index contributed by atoms with van der Waals surface area (Å²) in [5.41, 5.74) is 0.755. The fourth-order valence-corrected chi connectivity index (χ4v) is 4.82. The van der Waals surface area contributed by atoms with Crippen LogP contribution in [0.1, 0.15) is 30.1 Å². The summed E-state index contributed by atoms with van der Waals surface area (Å²) in [6, 6.07) is 11.3. The minimum absolute atomic E-state index is 0.222. The van der Waals surface area contributed by atoms with Crippen molar-refractivity contribution in [3.05, 3.63) is 48.0 Å². The topological polar surface area (TPSA) is 84.9 Å². The van der Waals surface area contributed by atoms with Crippen molar-refractivity contribution in [1.82, 2.24) is 4.31 Å². The van der Waals surface area contributed by atoms with E-state index in [1.165, 1.54) is 30.7 Å². The van der Waals surface area contributed by atoms with Gasteiger partial charge in [0.1, 0.15) is 17.1 Å². The number of nitrogens with one attached hydrogen (secondary N) is 1. The first-order valence-corrected chi connectivity index (χ1v) is 10.9. The van der Waals surface area contributed by atoms with E-state index in [2.05, 4.69) is 12.2 Å². The van der Waals surface area contributed by atoms with E-state index in [1.54, 1.807) is 30.3 Å². The highest BCUT2D eigenvalue weighted by Gasteiger charge is 2.28. The molecule has 1 heterocycles. The number of amides is 1. The number of hydrogen-bond acceptors (Lipinski definition) is 5. The molecule has 0 atom stereocenters. The quantitative estimate of drug-likeness (QED) is 0.777. The van der Waals surface area contributed by atoms with Gasteiger partial charge in [-0.3, -0.25) is 4.79 Å². The lowest BCUT2D eigenvalue weighted by Crippen LogP contribution is -2.37. The van der Waals surface area contributed by atoms with Crippen LogP contribution in [0.4, 0.5) is 5.69 Å². The van der Waals surface area contributed by atoms with Gasteiger partial charge >= 0.3 is 0 Å². The van der Waals surface area contributed by atoms with Crippen LogP contribution in [0.5, 0.6) is 11.5 Å². The van der Waals surface area contributed by atoms with Gasteiger partial charge in [-0.1, -0.05) is 13.0 Å². The zero-order chi connectivity index (χ0) is 21.0. The summed E-state index contributed by atoms with van der Waals surface area (Å²) in [6.45, 7) is 3.21. The number of sulfonamides is 1. The first-order valence-electron chi connectivity index (χ1n) is 9.49. The van der Waals surface area contributed by atoms with E-state index < -0.39 is 15.9 Å². The second-order valence-electron chi connectivity index (χ2n) is 7.10. The summed E-state index contributed by atoms with van der Waals surface area (Å²) in [4.78, 5) is 13.0. The Kier molecular flexibility index (Phi) is 6.44. The van der Waals surface area contributed by atoms with Crippen molar-refractivity contribution in [3.8, 4) is 11.5 Å². The predicted octanol–water partition coefficient (Wildman–Crippen LogP) is 3.38. The second kappa shape index (κ2) is 8.84. The molecule has 0 bridgehead atoms. The Balaban J connectivity index is 1.77. The summed E-state index contributed by atoms with van der Waals surface area (Å²) < 4.78 is 37.7. The standard InChI is InChI=1S/C21H26N2O5S/c1-15-11-13-23(14-12-15)29(25,26)17-9-7-16(8-10-17)22-21(24)20-18(27-2)5-4-6-19(20)28-3/h4-10,15H,11-14H2,1-3H3,(H,22,24). The van der Waals surface area contributed by atoms with E-state index in [0.717, 1.165) is 12.8 Å². The van der Waals surface area contributed by atoms with Gasteiger partial charge in [-0.15, -0.1) is 0 Å². The predicted molar refractivity (Wildman–Crippen MR) is 111 cm³/mol. The van der Waals surface area contributed by atoms with Gasteiger partial charge in [0.25, 0.3) is 5.91 Å². The largest absolute Gasteiger partial charge is 0.496 e. The molecule has 1 aliphatic rings. The summed E-state index contributed by atoms with van der Waals surface area (Å²) in [5, 5.41) is 2.76. The maximum absolute atomic E-state index is 12.8. The zero-order valence-electron chi connectivity index (χ0n) is 16.8. The van der Waals surface area contributed by atoms with Crippen molar-refractivity contribution in [2.75, 3.05) is 32.6 Å². The maximum Gasteiger partial charge on any atom is 0.263 e. The van der Waals surface area contributed by atoms with E-state index >= 15 is 0 Å². The number of carbonyl (C=O) groups excluding carboxylic acids is 1. The van der Waals surface area contributed by atoms with Crippen molar-refractivity contribution in [2.45, 2.75) is 24.7 Å². The van der Waals surface area contributed by atoms with Gasteiger partial charge in [0.2, 0.25) is 10.0 Å². The molecule has 0 spiro atoms. The SMILES string of the molecule is COc1cccc(OC)c1C(=O)Nc1ccc(S(=O)(=O)N2CCC(C)CC2)cc1. The highest BCUT2D eigenvalue weighted by atomic mass is 32.2. The molecule has 1 N–H and O–H groups in total. The lowest BCUT2D eigenvalue weighted by molar-refractivity contribution is 0.102. The fourth-order valence-electron chi connectivity index (χ4n) is 3.35. The number of hydrogen-bond donors (Lipinski definition) is 1. The average Bonchev–Trinajstić information content (AvgIpc) is 2.73. The van der Waals surface area contributed by atoms with Gasteiger partial charge in [-0.25, -0.2) is 8.42 Å². The average molecular weight is 419 g/mol. The fraction of sp³-hybridized carbons (Fsp3) is 0.381. The molecule has 1 saturated heterocycles. The van der Waals surface area contributed by atoms with Crippen LogP contribution in [-0.2, 0) is 10.0 Å². The molecule has 0 unspecified atom stereocenters. The Bertz CT molecular complexity index is 943. The first-order chi connectivity index (χ1) is 13.9. The van der Waals surface area contributed by atoms with E-state index in [9.17, 15) is 13.2 Å². The van der Waals surface area contributed by atoms with Crippen LogP contribution in [0.3, 0.4) is 0 Å². The number of nitrogens with zero attached hydrogens (tertiary/aromatic N) is 1. The van der Waals surface area contributed by atoms with E-state index in [4.69, 9.17) is 9.47 Å². The van der Waals surface area contributed by atoms with Crippen LogP contribution in [-0.4, -0.2) is 45.9 Å². The molecule has 0 radical (unpaired) electrons. The van der Waals surface area contributed by atoms with Gasteiger partial charge in [-0.2, -0.15) is 4.31 Å². The highest BCUT2D eigenvalue weighted by molar-refractivity contribution is 7.89. The number of methoxy groups -OCH3 is 2. The summed E-state index contributed by atoms with van der Waals surface area (Å²) >= 11 is 0. The molecule has 156 valence electrons.